The van der Waals surface area contributed by atoms with E-state index in [0.717, 1.165) is 49.1 Å². The number of methoxy groups -OCH3 is 1. The van der Waals surface area contributed by atoms with Crippen LogP contribution < -0.4 is 10.6 Å². The van der Waals surface area contributed by atoms with Crippen molar-refractivity contribution in [2.45, 2.75) is 58.2 Å². The second-order valence-electron chi connectivity index (χ2n) is 7.60. The van der Waals surface area contributed by atoms with Gasteiger partial charge in [-0.05, 0) is 31.0 Å². The van der Waals surface area contributed by atoms with Crippen LogP contribution in [0.4, 0.5) is 0 Å². The van der Waals surface area contributed by atoms with E-state index < -0.39 is 0 Å². The molecule has 0 saturated carbocycles. The van der Waals surface area contributed by atoms with Crippen molar-refractivity contribution in [1.29, 1.82) is 0 Å². The van der Waals surface area contributed by atoms with Crippen molar-refractivity contribution in [1.82, 2.24) is 25.4 Å². The fourth-order valence-electron chi connectivity index (χ4n) is 3.40. The molecule has 1 aliphatic heterocycles. The molecule has 0 aliphatic carbocycles. The van der Waals surface area contributed by atoms with Gasteiger partial charge >= 0.3 is 0 Å². The van der Waals surface area contributed by atoms with Crippen LogP contribution in [-0.2, 0) is 17.7 Å². The first-order chi connectivity index (χ1) is 14.0. The van der Waals surface area contributed by atoms with E-state index in [1.807, 2.05) is 28.9 Å². The molecular weight excluding hydrogens is 515 g/mol. The first kappa shape index (κ1) is 24.9. The predicted molar refractivity (Wildman–Crippen MR) is 132 cm³/mol. The maximum Gasteiger partial charge on any atom is 0.191 e. The number of aryl methyl sites for hydroxylation is 1. The van der Waals surface area contributed by atoms with Gasteiger partial charge in [0.15, 0.2) is 11.8 Å². The smallest absolute Gasteiger partial charge is 0.191 e. The Bertz CT molecular complexity index is 841. The fourth-order valence-corrected chi connectivity index (χ4v) is 3.60. The van der Waals surface area contributed by atoms with Crippen LogP contribution in [0.2, 0.25) is 5.02 Å². The van der Waals surface area contributed by atoms with E-state index in [9.17, 15) is 0 Å². The zero-order chi connectivity index (χ0) is 20.8. The van der Waals surface area contributed by atoms with Crippen molar-refractivity contribution in [3.05, 3.63) is 46.5 Å². The number of rotatable bonds is 7. The standard InChI is InChI=1S/C21H31ClN6O.HI/c1-5-23-21(24-12-18(29-4)15-7-6-8-16(22)11-15)25-17-9-10-19-26-20(14(2)3)27-28(19)13-17;/h6-8,11,14,17-18H,5,9-10,12-13H2,1-4H3,(H2,23,24,25);1H. The van der Waals surface area contributed by atoms with Gasteiger partial charge in [-0.1, -0.05) is 37.6 Å². The monoisotopic (exact) mass is 546 g/mol. The van der Waals surface area contributed by atoms with Crippen LogP contribution in [-0.4, -0.2) is 47.0 Å². The SMILES string of the molecule is CCNC(=NCC(OC)c1cccc(Cl)c1)NC1CCc2nc(C(C)C)nn2C1.I. The number of hydrogen-bond donors (Lipinski definition) is 2. The zero-order valence-corrected chi connectivity index (χ0v) is 21.1. The van der Waals surface area contributed by atoms with Crippen molar-refractivity contribution < 1.29 is 4.74 Å². The van der Waals surface area contributed by atoms with Crippen LogP contribution >= 0.6 is 35.6 Å². The van der Waals surface area contributed by atoms with Crippen molar-refractivity contribution in [3.8, 4) is 0 Å². The second-order valence-corrected chi connectivity index (χ2v) is 8.04. The van der Waals surface area contributed by atoms with Crippen LogP contribution in [0.1, 0.15) is 56.4 Å². The van der Waals surface area contributed by atoms with Crippen molar-refractivity contribution >= 4 is 41.5 Å². The number of aromatic nitrogens is 3. The average molecular weight is 547 g/mol. The lowest BCUT2D eigenvalue weighted by Gasteiger charge is -2.25. The highest BCUT2D eigenvalue weighted by molar-refractivity contribution is 14.0. The molecule has 1 aliphatic rings. The molecule has 0 bridgehead atoms. The number of aliphatic imine (C=N–C) groups is 1. The molecule has 0 fully saturated rings. The van der Waals surface area contributed by atoms with Crippen molar-refractivity contribution in [3.63, 3.8) is 0 Å². The maximum atomic E-state index is 6.12. The number of benzene rings is 1. The van der Waals surface area contributed by atoms with Gasteiger partial charge in [-0.2, -0.15) is 5.10 Å². The van der Waals surface area contributed by atoms with Crippen LogP contribution in [0, 0.1) is 0 Å². The maximum absolute atomic E-state index is 6.12. The Labute approximate surface area is 201 Å². The lowest BCUT2D eigenvalue weighted by molar-refractivity contribution is 0.111. The van der Waals surface area contributed by atoms with Gasteiger partial charge in [0, 0.05) is 37.1 Å². The van der Waals surface area contributed by atoms with E-state index in [-0.39, 0.29) is 36.1 Å². The molecule has 1 aromatic carbocycles. The average Bonchev–Trinajstić information content (AvgIpc) is 3.12. The van der Waals surface area contributed by atoms with E-state index >= 15 is 0 Å². The Morgan fingerprint density at radius 2 is 2.20 bits per heavy atom. The lowest BCUT2D eigenvalue weighted by atomic mass is 10.1. The number of halogens is 2. The Hall–Kier alpha value is -1.39. The van der Waals surface area contributed by atoms with Crippen LogP contribution in [0.25, 0.3) is 0 Å². The summed E-state index contributed by atoms with van der Waals surface area (Å²) in [6.07, 6.45) is 1.77. The molecule has 2 unspecified atom stereocenters. The molecule has 1 aromatic heterocycles. The molecule has 2 heterocycles. The Morgan fingerprint density at radius 1 is 1.40 bits per heavy atom. The first-order valence-electron chi connectivity index (χ1n) is 10.3. The van der Waals surface area contributed by atoms with Gasteiger partial charge in [0.1, 0.15) is 11.9 Å². The van der Waals surface area contributed by atoms with E-state index in [4.69, 9.17) is 21.3 Å². The van der Waals surface area contributed by atoms with Gasteiger partial charge < -0.3 is 15.4 Å². The third-order valence-corrected chi connectivity index (χ3v) is 5.23. The van der Waals surface area contributed by atoms with E-state index in [0.29, 0.717) is 17.5 Å². The number of nitrogens with one attached hydrogen (secondary N) is 2. The first-order valence-corrected chi connectivity index (χ1v) is 10.6. The minimum Gasteiger partial charge on any atom is -0.375 e. The lowest BCUT2D eigenvalue weighted by Crippen LogP contribution is -2.47. The summed E-state index contributed by atoms with van der Waals surface area (Å²) in [6.45, 7) is 8.40. The highest BCUT2D eigenvalue weighted by atomic mass is 127. The topological polar surface area (TPSA) is 76.4 Å². The van der Waals surface area contributed by atoms with Gasteiger partial charge in [-0.25, -0.2) is 9.67 Å². The van der Waals surface area contributed by atoms with Gasteiger partial charge in [0.05, 0.1) is 13.1 Å². The van der Waals surface area contributed by atoms with Gasteiger partial charge in [0.2, 0.25) is 0 Å². The number of ether oxygens (including phenoxy) is 1. The predicted octanol–water partition coefficient (Wildman–Crippen LogP) is 3.93. The fraction of sp³-hybridized carbons (Fsp3) is 0.571. The van der Waals surface area contributed by atoms with E-state index in [2.05, 4.69) is 41.5 Å². The molecule has 7 nitrogen and oxygen atoms in total. The summed E-state index contributed by atoms with van der Waals surface area (Å²) in [5.74, 6) is 3.13. The Morgan fingerprint density at radius 3 is 2.87 bits per heavy atom. The summed E-state index contributed by atoms with van der Waals surface area (Å²) >= 11 is 6.12. The van der Waals surface area contributed by atoms with Crippen LogP contribution in [0.15, 0.2) is 29.3 Å². The quantitative estimate of drug-likeness (QED) is 0.313. The number of fused-ring (bicyclic) bond motifs is 1. The minimum absolute atomic E-state index is 0. The van der Waals surface area contributed by atoms with Gasteiger partial charge in [-0.3, -0.25) is 4.99 Å². The second kappa shape index (κ2) is 11.9. The highest BCUT2D eigenvalue weighted by Gasteiger charge is 2.23. The van der Waals surface area contributed by atoms with Gasteiger partial charge in [0.25, 0.3) is 0 Å². The molecule has 2 atom stereocenters. The molecule has 2 N–H and O–H groups in total. The third-order valence-electron chi connectivity index (χ3n) is 5.00. The third kappa shape index (κ3) is 6.55. The van der Waals surface area contributed by atoms with Gasteiger partial charge in [-0.15, -0.1) is 24.0 Å². The molecule has 3 rings (SSSR count). The molecule has 0 saturated heterocycles. The van der Waals surface area contributed by atoms with E-state index in [1.165, 1.54) is 0 Å². The molecule has 0 amide bonds. The van der Waals surface area contributed by atoms with E-state index in [1.54, 1.807) is 7.11 Å². The number of guanidine groups is 1. The largest absolute Gasteiger partial charge is 0.375 e. The number of hydrogen-bond acceptors (Lipinski definition) is 4. The molecular formula is C21H32ClIN6O. The van der Waals surface area contributed by atoms with Crippen molar-refractivity contribution in [2.24, 2.45) is 4.99 Å². The summed E-state index contributed by atoms with van der Waals surface area (Å²) in [5.41, 5.74) is 1.02. The summed E-state index contributed by atoms with van der Waals surface area (Å²) < 4.78 is 7.67. The minimum atomic E-state index is -0.147. The molecule has 2 aromatic rings. The normalized spacial score (nSPS) is 17.3. The molecule has 30 heavy (non-hydrogen) atoms. The highest BCUT2D eigenvalue weighted by Crippen LogP contribution is 2.21. The number of nitrogens with zero attached hydrogens (tertiary/aromatic N) is 4. The van der Waals surface area contributed by atoms with Crippen LogP contribution in [0.5, 0.6) is 0 Å². The summed E-state index contributed by atoms with van der Waals surface area (Å²) in [6, 6.07) is 7.98. The summed E-state index contributed by atoms with van der Waals surface area (Å²) in [4.78, 5) is 9.42. The van der Waals surface area contributed by atoms with Crippen LogP contribution in [0.3, 0.4) is 0 Å². The van der Waals surface area contributed by atoms with Crippen molar-refractivity contribution in [2.75, 3.05) is 20.2 Å². The Balaban J connectivity index is 0.00000320. The molecule has 0 radical (unpaired) electrons. The molecule has 9 heteroatoms. The Kier molecular flexibility index (Phi) is 9.83. The summed E-state index contributed by atoms with van der Waals surface area (Å²) in [7, 11) is 1.70. The molecule has 166 valence electrons. The summed E-state index contributed by atoms with van der Waals surface area (Å²) in [5, 5.41) is 12.2. The zero-order valence-electron chi connectivity index (χ0n) is 18.1. The molecule has 0 spiro atoms.